The van der Waals surface area contributed by atoms with Crippen LogP contribution in [-0.2, 0) is 4.79 Å². The fourth-order valence-corrected chi connectivity index (χ4v) is 3.09. The number of hydrogen-bond acceptors (Lipinski definition) is 4. The maximum absolute atomic E-state index is 12.0. The third-order valence-electron chi connectivity index (χ3n) is 3.68. The summed E-state index contributed by atoms with van der Waals surface area (Å²) in [5.41, 5.74) is 5.90. The lowest BCUT2D eigenvalue weighted by atomic mass is 10.1. The van der Waals surface area contributed by atoms with Gasteiger partial charge in [-0.1, -0.05) is 0 Å². The van der Waals surface area contributed by atoms with Crippen molar-refractivity contribution in [2.24, 2.45) is 5.73 Å². The molecule has 0 aliphatic heterocycles. The van der Waals surface area contributed by atoms with Gasteiger partial charge < -0.3 is 15.6 Å². The molecule has 1 heterocycles. The van der Waals surface area contributed by atoms with Crippen LogP contribution in [0.25, 0.3) is 0 Å². The summed E-state index contributed by atoms with van der Waals surface area (Å²) in [5.74, 6) is 0.899. The molecule has 1 saturated carbocycles. The van der Waals surface area contributed by atoms with E-state index in [1.165, 1.54) is 0 Å². The predicted molar refractivity (Wildman–Crippen MR) is 78.0 cm³/mol. The first kappa shape index (κ1) is 14.4. The normalized spacial score (nSPS) is 24.3. The Morgan fingerprint density at radius 2 is 2.47 bits per heavy atom. The molecule has 1 aromatic heterocycles. The molecule has 6 heteroatoms. The number of imidazole rings is 1. The second kappa shape index (κ2) is 6.96. The van der Waals surface area contributed by atoms with Crippen LogP contribution >= 0.6 is 11.8 Å². The molecule has 5 nitrogen and oxygen atoms in total. The van der Waals surface area contributed by atoms with E-state index in [0.717, 1.165) is 31.4 Å². The molecule has 2 rings (SSSR count). The van der Waals surface area contributed by atoms with Crippen LogP contribution in [0.15, 0.2) is 18.7 Å². The third kappa shape index (κ3) is 3.73. The Morgan fingerprint density at radius 1 is 1.63 bits per heavy atom. The zero-order valence-corrected chi connectivity index (χ0v) is 12.1. The average Bonchev–Trinajstić information content (AvgIpc) is 3.05. The van der Waals surface area contributed by atoms with Gasteiger partial charge in [-0.2, -0.15) is 11.8 Å². The highest BCUT2D eigenvalue weighted by atomic mass is 32.2. The van der Waals surface area contributed by atoms with Crippen molar-refractivity contribution in [3.05, 3.63) is 18.7 Å². The Balaban J connectivity index is 1.89. The molecule has 1 fully saturated rings. The van der Waals surface area contributed by atoms with Crippen molar-refractivity contribution in [1.29, 1.82) is 0 Å². The maximum Gasteiger partial charge on any atom is 0.237 e. The van der Waals surface area contributed by atoms with Crippen LogP contribution in [0.4, 0.5) is 0 Å². The van der Waals surface area contributed by atoms with E-state index in [1.807, 2.05) is 18.8 Å². The van der Waals surface area contributed by atoms with Crippen LogP contribution in [0.3, 0.4) is 0 Å². The summed E-state index contributed by atoms with van der Waals surface area (Å²) in [7, 11) is 0. The quantitative estimate of drug-likeness (QED) is 0.821. The minimum absolute atomic E-state index is 0.0222. The zero-order chi connectivity index (χ0) is 13.7. The van der Waals surface area contributed by atoms with Crippen molar-refractivity contribution in [2.75, 3.05) is 12.0 Å². The van der Waals surface area contributed by atoms with Crippen LogP contribution in [0, 0.1) is 0 Å². The number of rotatable bonds is 6. The molecular formula is C13H22N4OS. The van der Waals surface area contributed by atoms with Gasteiger partial charge in [0.2, 0.25) is 5.91 Å². The van der Waals surface area contributed by atoms with Gasteiger partial charge in [0, 0.05) is 18.4 Å². The number of aromatic nitrogens is 2. The molecule has 106 valence electrons. The van der Waals surface area contributed by atoms with E-state index in [2.05, 4.69) is 14.9 Å². The van der Waals surface area contributed by atoms with E-state index in [0.29, 0.717) is 6.04 Å². The number of thioether (sulfide) groups is 1. The highest BCUT2D eigenvalue weighted by Crippen LogP contribution is 2.29. The van der Waals surface area contributed by atoms with Crippen molar-refractivity contribution >= 4 is 17.7 Å². The van der Waals surface area contributed by atoms with Gasteiger partial charge in [0.05, 0.1) is 18.4 Å². The Morgan fingerprint density at radius 3 is 3.16 bits per heavy atom. The average molecular weight is 282 g/mol. The summed E-state index contributed by atoms with van der Waals surface area (Å²) < 4.78 is 2.09. The van der Waals surface area contributed by atoms with Crippen molar-refractivity contribution < 1.29 is 4.79 Å². The zero-order valence-electron chi connectivity index (χ0n) is 11.3. The number of carbonyl (C=O) groups is 1. The lowest BCUT2D eigenvalue weighted by Gasteiger charge is -2.23. The lowest BCUT2D eigenvalue weighted by Crippen LogP contribution is -2.47. The van der Waals surface area contributed by atoms with Gasteiger partial charge in [-0.25, -0.2) is 4.98 Å². The van der Waals surface area contributed by atoms with Gasteiger partial charge in [0.1, 0.15) is 0 Å². The number of nitrogens with two attached hydrogens (primary N) is 1. The molecule has 1 amide bonds. The summed E-state index contributed by atoms with van der Waals surface area (Å²) in [4.78, 5) is 16.1. The van der Waals surface area contributed by atoms with Crippen molar-refractivity contribution in [2.45, 2.75) is 43.8 Å². The summed E-state index contributed by atoms with van der Waals surface area (Å²) in [6, 6.07) is 0.109. The second-order valence-corrected chi connectivity index (χ2v) is 6.00. The van der Waals surface area contributed by atoms with Gasteiger partial charge in [-0.15, -0.1) is 0 Å². The Bertz CT molecular complexity index is 395. The molecule has 0 saturated heterocycles. The summed E-state index contributed by atoms with van der Waals surface area (Å²) >= 11 is 1.72. The summed E-state index contributed by atoms with van der Waals surface area (Å²) in [6.45, 7) is 0. The number of nitrogens with zero attached hydrogens (tertiary/aromatic N) is 2. The highest BCUT2D eigenvalue weighted by Gasteiger charge is 2.30. The molecule has 0 bridgehead atoms. The van der Waals surface area contributed by atoms with E-state index >= 15 is 0 Å². The van der Waals surface area contributed by atoms with Crippen molar-refractivity contribution in [3.63, 3.8) is 0 Å². The number of carbonyl (C=O) groups excluding carboxylic acids is 1. The van der Waals surface area contributed by atoms with Crippen LogP contribution in [0.1, 0.15) is 31.7 Å². The summed E-state index contributed by atoms with van der Waals surface area (Å²) in [5, 5.41) is 3.10. The third-order valence-corrected chi connectivity index (χ3v) is 4.33. The topological polar surface area (TPSA) is 72.9 Å². The number of nitrogens with one attached hydrogen (secondary N) is 1. The van der Waals surface area contributed by atoms with E-state index in [1.54, 1.807) is 18.0 Å². The van der Waals surface area contributed by atoms with Crippen LogP contribution in [0.2, 0.25) is 0 Å². The Hall–Kier alpha value is -1.01. The molecule has 1 aromatic rings. The Kier molecular flexibility index (Phi) is 5.27. The molecule has 1 aliphatic rings. The van der Waals surface area contributed by atoms with Crippen LogP contribution in [-0.4, -0.2) is 39.6 Å². The van der Waals surface area contributed by atoms with Gasteiger partial charge in [0.15, 0.2) is 0 Å². The SMILES string of the molecule is CSCC[C@@H](N)C(=O)NC1CCCC1n1ccnc1. The Labute approximate surface area is 118 Å². The smallest absolute Gasteiger partial charge is 0.237 e. The van der Waals surface area contributed by atoms with Crippen LogP contribution in [0.5, 0.6) is 0 Å². The molecule has 0 spiro atoms. The highest BCUT2D eigenvalue weighted by molar-refractivity contribution is 7.98. The van der Waals surface area contributed by atoms with E-state index in [9.17, 15) is 4.79 Å². The second-order valence-electron chi connectivity index (χ2n) is 5.01. The van der Waals surface area contributed by atoms with Gasteiger partial charge in [-0.3, -0.25) is 4.79 Å². The molecule has 1 aliphatic carbocycles. The monoisotopic (exact) mass is 282 g/mol. The van der Waals surface area contributed by atoms with E-state index in [4.69, 9.17) is 5.73 Å². The molecule has 3 N–H and O–H groups in total. The van der Waals surface area contributed by atoms with E-state index in [-0.39, 0.29) is 11.9 Å². The minimum atomic E-state index is -0.392. The largest absolute Gasteiger partial charge is 0.350 e. The van der Waals surface area contributed by atoms with E-state index < -0.39 is 6.04 Å². The number of amides is 1. The van der Waals surface area contributed by atoms with Crippen molar-refractivity contribution in [3.8, 4) is 0 Å². The first-order valence-corrected chi connectivity index (χ1v) is 8.14. The van der Waals surface area contributed by atoms with Gasteiger partial charge in [-0.05, 0) is 37.7 Å². The van der Waals surface area contributed by atoms with Gasteiger partial charge in [0.25, 0.3) is 0 Å². The molecular weight excluding hydrogens is 260 g/mol. The standard InChI is InChI=1S/C13H22N4OS/c1-19-8-5-10(14)13(18)16-11-3-2-4-12(11)17-7-6-15-9-17/h6-7,9-12H,2-5,8,14H2,1H3,(H,16,18)/t10-,11?,12?/m1/s1. The van der Waals surface area contributed by atoms with Crippen LogP contribution < -0.4 is 11.1 Å². The first-order valence-electron chi connectivity index (χ1n) is 6.74. The molecule has 0 radical (unpaired) electrons. The number of hydrogen-bond donors (Lipinski definition) is 2. The molecule has 3 atom stereocenters. The lowest BCUT2D eigenvalue weighted by molar-refractivity contribution is -0.123. The fourth-order valence-electron chi connectivity index (χ4n) is 2.60. The van der Waals surface area contributed by atoms with Crippen molar-refractivity contribution in [1.82, 2.24) is 14.9 Å². The fraction of sp³-hybridized carbons (Fsp3) is 0.692. The predicted octanol–water partition coefficient (Wildman–Crippen LogP) is 1.17. The molecule has 2 unspecified atom stereocenters. The molecule has 0 aromatic carbocycles. The maximum atomic E-state index is 12.0. The first-order chi connectivity index (χ1) is 9.22. The molecule has 19 heavy (non-hydrogen) atoms. The minimum Gasteiger partial charge on any atom is -0.350 e. The van der Waals surface area contributed by atoms with Gasteiger partial charge >= 0.3 is 0 Å². The summed E-state index contributed by atoms with van der Waals surface area (Å²) in [6.07, 6.45) is 11.6.